The van der Waals surface area contributed by atoms with Crippen molar-refractivity contribution < 1.29 is 105 Å². The quantitative estimate of drug-likeness (QED) is 0.0346. The Labute approximate surface area is 837 Å². The summed E-state index contributed by atoms with van der Waals surface area (Å²) in [6.45, 7) is 40.1. The van der Waals surface area contributed by atoms with Crippen LogP contribution in [0.1, 0.15) is 465 Å². The van der Waals surface area contributed by atoms with E-state index in [-0.39, 0.29) is 213 Å². The zero-order valence-corrected chi connectivity index (χ0v) is 80.6. The number of ether oxygens (including phenoxy) is 11. The summed E-state index contributed by atoms with van der Waals surface area (Å²) in [5.41, 5.74) is -4.24. The Morgan fingerprint density at radius 1 is 0.401 bits per heavy atom. The van der Waals surface area contributed by atoms with Gasteiger partial charge in [0.1, 0.15) is 35.1 Å². The number of rotatable bonds is 27. The third-order valence-electron chi connectivity index (χ3n) is 36.0. The molecule has 2 aliphatic heterocycles. The first-order chi connectivity index (χ1) is 58.7. The van der Waals surface area contributed by atoms with Crippen molar-refractivity contribution in [1.82, 2.24) is 0 Å². The standard InChI is InChI=1S/C29H44O5.C18H30O2.C16H22O6.C16H26O3.C14H26O2.C10H16O4.12CH4/c1-4-28(2,3)26(30)34-25-22-10-19-11-23(25)14-29(12-19,13-22)27(31)33-16-32-15-24-20-6-17-5-18(8-20)9-21(24)7-17;1-5-17(3,4)16(19)20-18(6-2)14-8-12-7-13(10-14)11-15(18)9-12;1-4-16(2,3)15(19)20-7-11(17)21-12-8-5-9-10(6-8)14(18)22-13(9)12;1-4-14(2,3)13(17)19-16-8-11-5-12(9-16)7-15(18,6-11)10-16;1-5-13(3,4)12(15)16-14(6-2)10-8-7-9-11-14;1-4-10(2,3)9(12)14-7-5-6-13-8(7)11;;;;;;;;;;;;/h17-25H,4-16H2,1-3H3;12-15H,5-11H2,1-4H3;8-10,12-13H,4-7H2,1-3H3;11-12,18H,4-10H2,1-3H3;5-11H2,1-4H3;7H,4-6H2,1-3H3;12*1H4. The predicted molar refractivity (Wildman–Crippen MR) is 551 cm³/mol. The monoisotopic (exact) mass is 1950 g/mol. The van der Waals surface area contributed by atoms with Crippen LogP contribution in [0.5, 0.6) is 0 Å². The molecule has 22 heteroatoms. The highest BCUT2D eigenvalue weighted by molar-refractivity contribution is 5.84. The fourth-order valence-corrected chi connectivity index (χ4v) is 26.5. The van der Waals surface area contributed by atoms with Crippen molar-refractivity contribution in [3.8, 4) is 0 Å². The second kappa shape index (κ2) is 51.9. The van der Waals surface area contributed by atoms with E-state index < -0.39 is 51.3 Å². The van der Waals surface area contributed by atoms with Gasteiger partial charge in [0, 0.05) is 24.7 Å². The van der Waals surface area contributed by atoms with Crippen LogP contribution in [0.2, 0.25) is 0 Å². The number of esters is 10. The highest BCUT2D eigenvalue weighted by Crippen LogP contribution is 2.65. The van der Waals surface area contributed by atoms with Crippen molar-refractivity contribution in [1.29, 1.82) is 0 Å². The maximum Gasteiger partial charge on any atom is 0.347 e. The molecule has 22 nitrogen and oxygen atoms in total. The Hall–Kier alpha value is -5.38. The molecule has 2 saturated heterocycles. The zero-order valence-electron chi connectivity index (χ0n) is 80.6. The van der Waals surface area contributed by atoms with Crippen molar-refractivity contribution in [3.63, 3.8) is 0 Å². The van der Waals surface area contributed by atoms with Gasteiger partial charge in [-0.25, -0.2) is 9.59 Å². The molecule has 10 unspecified atom stereocenters. The molecule has 21 rings (SSSR count). The van der Waals surface area contributed by atoms with Crippen molar-refractivity contribution >= 4 is 59.7 Å². The van der Waals surface area contributed by atoms with Crippen LogP contribution in [-0.2, 0) is 100 Å². The Balaban J connectivity index is 0.00000163. The predicted octanol–water partition coefficient (Wildman–Crippen LogP) is 27.8. The van der Waals surface area contributed by atoms with E-state index in [1.54, 1.807) is 27.7 Å². The number of hydrogen-bond acceptors (Lipinski definition) is 22. The summed E-state index contributed by atoms with van der Waals surface area (Å²) in [4.78, 5) is 121. The first-order valence-electron chi connectivity index (χ1n) is 50.0. The maximum absolute atomic E-state index is 13.3. The highest BCUT2D eigenvalue weighted by atomic mass is 16.7. The van der Waals surface area contributed by atoms with E-state index in [9.17, 15) is 53.1 Å². The minimum absolute atomic E-state index is 0. The normalized spacial score (nSPS) is 34.2. The van der Waals surface area contributed by atoms with Crippen molar-refractivity contribution in [2.45, 2.75) is 512 Å². The van der Waals surface area contributed by atoms with Crippen LogP contribution in [-0.4, -0.2) is 138 Å². The van der Waals surface area contributed by atoms with E-state index in [4.69, 9.17) is 52.1 Å². The summed E-state index contributed by atoms with van der Waals surface area (Å²) in [5.74, 6) is 7.99. The van der Waals surface area contributed by atoms with E-state index in [1.165, 1.54) is 89.9 Å². The van der Waals surface area contributed by atoms with Gasteiger partial charge in [0.25, 0.3) is 0 Å². The summed E-state index contributed by atoms with van der Waals surface area (Å²) >= 11 is 0. The van der Waals surface area contributed by atoms with Gasteiger partial charge in [0.05, 0.1) is 62.6 Å². The van der Waals surface area contributed by atoms with Gasteiger partial charge in [0.15, 0.2) is 13.4 Å². The summed E-state index contributed by atoms with van der Waals surface area (Å²) in [6, 6.07) is 0. The molecule has 0 aromatic carbocycles. The molecule has 21 aliphatic rings. The van der Waals surface area contributed by atoms with E-state index >= 15 is 0 Å². The maximum atomic E-state index is 13.3. The minimum Gasteiger partial charge on any atom is -0.463 e. The molecule has 0 radical (unpaired) electrons. The average Bonchev–Trinajstić information content (AvgIpc) is 1.55. The number of carbonyl (C=O) groups is 10. The van der Waals surface area contributed by atoms with Crippen LogP contribution < -0.4 is 0 Å². The molecule has 0 spiro atoms. The van der Waals surface area contributed by atoms with E-state index in [0.29, 0.717) is 79.6 Å². The Morgan fingerprint density at radius 2 is 0.832 bits per heavy atom. The molecule has 21 fully saturated rings. The molecule has 18 bridgehead atoms. The number of cyclic esters (lactones) is 1. The third kappa shape index (κ3) is 29.1. The van der Waals surface area contributed by atoms with Crippen LogP contribution >= 0.6 is 0 Å². The summed E-state index contributed by atoms with van der Waals surface area (Å²) in [6.07, 6.45) is 37.1. The topological polar surface area (TPSA) is 292 Å². The summed E-state index contributed by atoms with van der Waals surface area (Å²) in [7, 11) is 0. The van der Waals surface area contributed by atoms with Crippen LogP contribution in [0, 0.1) is 139 Å². The molecule has 2 heterocycles. The van der Waals surface area contributed by atoms with Gasteiger partial charge >= 0.3 is 59.7 Å². The highest BCUT2D eigenvalue weighted by Gasteiger charge is 2.66. The van der Waals surface area contributed by atoms with Gasteiger partial charge in [-0.3, -0.25) is 38.4 Å². The number of aliphatic hydroxyl groups is 1. The molecular weight excluding hydrogens is 1730 g/mol. The van der Waals surface area contributed by atoms with Crippen LogP contribution in [0.15, 0.2) is 0 Å². The molecule has 1 N–H and O–H groups in total. The number of hydrogen-bond donors (Lipinski definition) is 1. The molecular formula is C115H212O22. The van der Waals surface area contributed by atoms with Gasteiger partial charge in [-0.2, -0.15) is 0 Å². The molecule has 0 amide bonds. The minimum atomic E-state index is -0.687. The Kier molecular flexibility index (Phi) is 49.9. The molecule has 19 saturated carbocycles. The number of fused-ring (bicyclic) bond motifs is 1. The molecule has 10 atom stereocenters. The van der Waals surface area contributed by atoms with E-state index in [2.05, 4.69) is 20.8 Å². The molecule has 804 valence electrons. The van der Waals surface area contributed by atoms with Gasteiger partial charge < -0.3 is 57.2 Å². The van der Waals surface area contributed by atoms with Gasteiger partial charge in [-0.1, -0.05) is 151 Å². The fourth-order valence-electron chi connectivity index (χ4n) is 26.5. The van der Waals surface area contributed by atoms with Gasteiger partial charge in [0.2, 0.25) is 6.10 Å². The Bertz CT molecular complexity index is 3730. The van der Waals surface area contributed by atoms with Crippen molar-refractivity contribution in [2.75, 3.05) is 26.6 Å². The molecule has 0 aromatic rings. The lowest BCUT2D eigenvalue weighted by Crippen LogP contribution is -2.61. The average molecular weight is 1950 g/mol. The Morgan fingerprint density at radius 3 is 1.28 bits per heavy atom. The lowest BCUT2D eigenvalue weighted by Gasteiger charge is -2.60. The molecule has 19 aliphatic carbocycles. The van der Waals surface area contributed by atoms with Gasteiger partial charge in [-0.15, -0.1) is 0 Å². The lowest BCUT2D eigenvalue weighted by molar-refractivity contribution is -0.225. The second-order valence-electron chi connectivity index (χ2n) is 47.1. The van der Waals surface area contributed by atoms with E-state index in [0.717, 1.165) is 164 Å². The zero-order chi connectivity index (χ0) is 91.2. The first-order valence-corrected chi connectivity index (χ1v) is 50.0. The first kappa shape index (κ1) is 132. The fraction of sp³-hybridized carbons (Fsp3) is 0.913. The summed E-state index contributed by atoms with van der Waals surface area (Å²) < 4.78 is 61.5. The van der Waals surface area contributed by atoms with E-state index in [1.807, 2.05) is 90.0 Å². The second-order valence-corrected chi connectivity index (χ2v) is 47.1. The largest absolute Gasteiger partial charge is 0.463 e. The van der Waals surface area contributed by atoms with Crippen LogP contribution in [0.25, 0.3) is 0 Å². The van der Waals surface area contributed by atoms with Gasteiger partial charge in [-0.05, 0) is 384 Å². The van der Waals surface area contributed by atoms with Crippen molar-refractivity contribution in [3.05, 3.63) is 0 Å². The lowest BCUT2D eigenvalue weighted by atomic mass is 9.48. The van der Waals surface area contributed by atoms with Crippen LogP contribution in [0.4, 0.5) is 0 Å². The van der Waals surface area contributed by atoms with Crippen molar-refractivity contribution in [2.24, 2.45) is 139 Å². The third-order valence-corrected chi connectivity index (χ3v) is 36.0. The molecule has 0 aromatic heterocycles. The molecule has 137 heavy (non-hydrogen) atoms. The summed E-state index contributed by atoms with van der Waals surface area (Å²) in [5, 5.41) is 10.6. The SMILES string of the molecule is C.C.C.C.C.C.C.C.C.C.C.C.CCC(C)(C)C(=O)OC1(CC)C2CC3CC(C2)CC1C3.CCC(C)(C)C(=O)OC12CC3CC(CC(O)(C3)C1)C2.CCC(C)(C)C(=O)OC1C2CC3CC1CC(C(=O)OCOCC1C4CC5CC(C4)CC1C5)(C3)C2.CCC(C)(C)C(=O)OC1CCOC1=O.CCC(C)(C)C(=O)OCC(=O)OC1C2CC3C(=O)OC1C3C2.CCC1(OC(=O)C(C)(C)CC)CCCCC1. The number of carbonyl (C=O) groups excluding carboxylic acids is 10. The van der Waals surface area contributed by atoms with Crippen LogP contribution in [0.3, 0.4) is 0 Å². The smallest absolute Gasteiger partial charge is 0.347 e.